The van der Waals surface area contributed by atoms with Crippen molar-refractivity contribution in [1.82, 2.24) is 4.90 Å². The van der Waals surface area contributed by atoms with Crippen molar-refractivity contribution in [1.29, 1.82) is 0 Å². The van der Waals surface area contributed by atoms with Crippen LogP contribution in [0, 0.1) is 0 Å². The normalized spacial score (nSPS) is 24.9. The third-order valence-electron chi connectivity index (χ3n) is 4.33. The zero-order valence-corrected chi connectivity index (χ0v) is 14.9. The first kappa shape index (κ1) is 17.2. The molecule has 112 valence electrons. The Balaban J connectivity index is 0.00000180. The number of hydrogen-bond acceptors (Lipinski definition) is 2. The van der Waals surface area contributed by atoms with Crippen LogP contribution in [0.25, 0.3) is 0 Å². The van der Waals surface area contributed by atoms with Gasteiger partial charge in [0.05, 0.1) is 11.3 Å². The number of likely N-dealkylation sites (tertiary alicyclic amines) is 1. The Hall–Kier alpha value is 0.150. The molecule has 6 heteroatoms. The van der Waals surface area contributed by atoms with Gasteiger partial charge in [0.2, 0.25) is 0 Å². The second kappa shape index (κ2) is 7.81. The molecule has 0 amide bonds. The number of rotatable bonds is 3. The number of halogens is 1. The van der Waals surface area contributed by atoms with Crippen LogP contribution in [-0.2, 0) is 10.8 Å². The van der Waals surface area contributed by atoms with E-state index >= 15 is 0 Å². The molecular formula is C13H26IN3OS. The van der Waals surface area contributed by atoms with Crippen LogP contribution in [0.4, 0.5) is 0 Å². The van der Waals surface area contributed by atoms with Crippen molar-refractivity contribution in [3.63, 3.8) is 0 Å². The van der Waals surface area contributed by atoms with E-state index in [2.05, 4.69) is 9.89 Å². The molecule has 1 unspecified atom stereocenters. The summed E-state index contributed by atoms with van der Waals surface area (Å²) in [6, 6.07) is 0. The van der Waals surface area contributed by atoms with Gasteiger partial charge >= 0.3 is 0 Å². The molecule has 0 bridgehead atoms. The van der Waals surface area contributed by atoms with E-state index in [-0.39, 0.29) is 28.7 Å². The van der Waals surface area contributed by atoms with Gasteiger partial charge in [-0.1, -0.05) is 19.3 Å². The molecule has 2 N–H and O–H groups in total. The molecule has 0 aromatic rings. The Kier molecular flexibility index (Phi) is 7.07. The molecule has 2 aliphatic rings. The Morgan fingerprint density at radius 2 is 1.79 bits per heavy atom. The lowest BCUT2D eigenvalue weighted by Crippen LogP contribution is -2.46. The first-order valence-corrected chi connectivity index (χ1v) is 8.58. The molecule has 0 radical (unpaired) electrons. The lowest BCUT2D eigenvalue weighted by atomic mass is 9.84. The average Bonchev–Trinajstić information content (AvgIpc) is 2.55. The lowest BCUT2D eigenvalue weighted by molar-refractivity contribution is 0.357. The van der Waals surface area contributed by atoms with E-state index < -0.39 is 10.8 Å². The number of nitrogens with zero attached hydrogens (tertiary/aromatic N) is 2. The summed E-state index contributed by atoms with van der Waals surface area (Å²) in [6.07, 6.45) is 10.1. The van der Waals surface area contributed by atoms with Crippen LogP contribution in [0.1, 0.15) is 44.9 Å². The van der Waals surface area contributed by atoms with Crippen LogP contribution in [-0.4, -0.2) is 45.7 Å². The van der Waals surface area contributed by atoms with E-state index in [1.165, 1.54) is 32.1 Å². The summed E-state index contributed by atoms with van der Waals surface area (Å²) in [6.45, 7) is 2.69. The van der Waals surface area contributed by atoms with E-state index in [1.54, 1.807) is 6.26 Å². The van der Waals surface area contributed by atoms with Crippen LogP contribution in [0.3, 0.4) is 0 Å². The summed E-state index contributed by atoms with van der Waals surface area (Å²) in [5, 5.41) is 0. The third-order valence-corrected chi connectivity index (χ3v) is 6.09. The molecule has 2 rings (SSSR count). The average molecular weight is 399 g/mol. The maximum atomic E-state index is 11.8. The Labute approximate surface area is 136 Å². The van der Waals surface area contributed by atoms with E-state index in [0.717, 1.165) is 25.9 Å². The Bertz CT molecular complexity index is 337. The fraction of sp³-hybridized carbons (Fsp3) is 0.923. The molecule has 0 spiro atoms. The lowest BCUT2D eigenvalue weighted by Gasteiger charge is -2.38. The van der Waals surface area contributed by atoms with Crippen LogP contribution in [0.2, 0.25) is 0 Å². The zero-order chi connectivity index (χ0) is 13.0. The maximum Gasteiger partial charge on any atom is 0.191 e. The summed E-state index contributed by atoms with van der Waals surface area (Å²) in [5.41, 5.74) is 6.08. The van der Waals surface area contributed by atoms with E-state index in [9.17, 15) is 4.21 Å². The smallest absolute Gasteiger partial charge is 0.191 e. The van der Waals surface area contributed by atoms with Crippen molar-refractivity contribution in [2.45, 2.75) is 49.7 Å². The minimum absolute atomic E-state index is 0. The highest BCUT2D eigenvalue weighted by Crippen LogP contribution is 2.37. The number of aliphatic imine (C=N–C) groups is 1. The van der Waals surface area contributed by atoms with Crippen molar-refractivity contribution in [3.8, 4) is 0 Å². The Morgan fingerprint density at radius 3 is 2.21 bits per heavy atom. The van der Waals surface area contributed by atoms with Gasteiger partial charge in [0.1, 0.15) is 0 Å². The van der Waals surface area contributed by atoms with E-state index in [0.29, 0.717) is 12.5 Å². The molecule has 0 aromatic carbocycles. The van der Waals surface area contributed by atoms with Gasteiger partial charge in [-0.3, -0.25) is 9.20 Å². The second-order valence-corrected chi connectivity index (χ2v) is 7.34. The van der Waals surface area contributed by atoms with Gasteiger partial charge in [0.15, 0.2) is 5.96 Å². The van der Waals surface area contributed by atoms with Gasteiger partial charge in [-0.2, -0.15) is 0 Å². The van der Waals surface area contributed by atoms with Crippen LogP contribution < -0.4 is 5.73 Å². The van der Waals surface area contributed by atoms with Gasteiger partial charge in [-0.15, -0.1) is 24.0 Å². The number of guanidine groups is 1. The van der Waals surface area contributed by atoms with Gasteiger partial charge in [0, 0.05) is 30.1 Å². The molecule has 1 saturated heterocycles. The van der Waals surface area contributed by atoms with Gasteiger partial charge < -0.3 is 10.6 Å². The largest absolute Gasteiger partial charge is 0.370 e. The maximum absolute atomic E-state index is 11.8. The molecule has 1 aliphatic carbocycles. The van der Waals surface area contributed by atoms with Crippen molar-refractivity contribution >= 4 is 40.7 Å². The van der Waals surface area contributed by atoms with Crippen LogP contribution >= 0.6 is 24.0 Å². The molecular weight excluding hydrogens is 373 g/mol. The van der Waals surface area contributed by atoms with Gasteiger partial charge in [-0.05, 0) is 25.7 Å². The summed E-state index contributed by atoms with van der Waals surface area (Å²) >= 11 is 0. The minimum atomic E-state index is -0.788. The number of nitrogens with two attached hydrogens (primary N) is 1. The molecule has 19 heavy (non-hydrogen) atoms. The standard InChI is InChI=1S/C13H25N3OS.HI/c1-18(17)13(7-6-8-13)11-15-12(14)16-9-4-2-3-5-10-16;/h2-11H2,1H3,(H2,14,15);1H. The first-order chi connectivity index (χ1) is 8.64. The summed E-state index contributed by atoms with van der Waals surface area (Å²) in [7, 11) is -0.788. The van der Waals surface area contributed by atoms with Gasteiger partial charge in [0.25, 0.3) is 0 Å². The molecule has 1 atom stereocenters. The summed E-state index contributed by atoms with van der Waals surface area (Å²) < 4.78 is 11.7. The SMILES string of the molecule is CS(=O)C1(CN=C(N)N2CCCCCC2)CCC1.I. The fourth-order valence-electron chi connectivity index (χ4n) is 2.73. The first-order valence-electron chi connectivity index (χ1n) is 7.02. The topological polar surface area (TPSA) is 58.7 Å². The molecule has 1 heterocycles. The fourth-order valence-corrected chi connectivity index (χ4v) is 3.84. The molecule has 2 fully saturated rings. The quantitative estimate of drug-likeness (QED) is 0.449. The zero-order valence-electron chi connectivity index (χ0n) is 11.8. The molecule has 1 saturated carbocycles. The van der Waals surface area contributed by atoms with Crippen molar-refractivity contribution < 1.29 is 4.21 Å². The Morgan fingerprint density at radius 1 is 1.21 bits per heavy atom. The molecule has 0 aromatic heterocycles. The van der Waals surface area contributed by atoms with Gasteiger partial charge in [-0.25, -0.2) is 0 Å². The second-order valence-electron chi connectivity index (χ2n) is 5.57. The molecule has 4 nitrogen and oxygen atoms in total. The summed E-state index contributed by atoms with van der Waals surface area (Å²) in [4.78, 5) is 6.72. The highest BCUT2D eigenvalue weighted by atomic mass is 127. The summed E-state index contributed by atoms with van der Waals surface area (Å²) in [5.74, 6) is 0.661. The van der Waals surface area contributed by atoms with Crippen molar-refractivity contribution in [2.24, 2.45) is 10.7 Å². The van der Waals surface area contributed by atoms with E-state index in [1.807, 2.05) is 0 Å². The minimum Gasteiger partial charge on any atom is -0.370 e. The predicted molar refractivity (Wildman–Crippen MR) is 92.6 cm³/mol. The van der Waals surface area contributed by atoms with Crippen LogP contribution in [0.15, 0.2) is 4.99 Å². The number of hydrogen-bond donors (Lipinski definition) is 1. The van der Waals surface area contributed by atoms with Crippen molar-refractivity contribution in [3.05, 3.63) is 0 Å². The molecule has 1 aliphatic heterocycles. The van der Waals surface area contributed by atoms with Crippen molar-refractivity contribution in [2.75, 3.05) is 25.9 Å². The van der Waals surface area contributed by atoms with E-state index in [4.69, 9.17) is 5.73 Å². The predicted octanol–water partition coefficient (Wildman–Crippen LogP) is 2.10. The highest BCUT2D eigenvalue weighted by Gasteiger charge is 2.40. The van der Waals surface area contributed by atoms with Crippen LogP contribution in [0.5, 0.6) is 0 Å². The monoisotopic (exact) mass is 399 g/mol. The highest BCUT2D eigenvalue weighted by molar-refractivity contribution is 14.0. The third kappa shape index (κ3) is 4.31.